The van der Waals surface area contributed by atoms with Crippen LogP contribution in [0.25, 0.3) is 0 Å². The third-order valence-corrected chi connectivity index (χ3v) is 5.17. The van der Waals surface area contributed by atoms with Gasteiger partial charge in [0.25, 0.3) is 0 Å². The molecule has 1 saturated carbocycles. The minimum absolute atomic E-state index is 0.0159. The lowest BCUT2D eigenvalue weighted by molar-refractivity contribution is -0.137. The molecule has 2 heterocycles. The summed E-state index contributed by atoms with van der Waals surface area (Å²) >= 11 is 0. The highest BCUT2D eigenvalue weighted by atomic mass is 32.2. The van der Waals surface area contributed by atoms with Gasteiger partial charge in [-0.2, -0.15) is 0 Å². The Hall–Kier alpha value is -1.19. The number of nitrogens with one attached hydrogen (secondary N) is 3. The van der Waals surface area contributed by atoms with Crippen molar-refractivity contribution < 1.29 is 18.0 Å². The first kappa shape index (κ1) is 15.7. The van der Waals surface area contributed by atoms with Gasteiger partial charge < -0.3 is 15.5 Å². The molecule has 22 heavy (non-hydrogen) atoms. The zero-order chi connectivity index (χ0) is 15.9. The summed E-state index contributed by atoms with van der Waals surface area (Å²) < 4.78 is 25.2. The van der Waals surface area contributed by atoms with E-state index in [1.54, 1.807) is 4.90 Å². The van der Waals surface area contributed by atoms with Gasteiger partial charge in [0.15, 0.2) is 0 Å². The summed E-state index contributed by atoms with van der Waals surface area (Å²) in [5, 5.41) is 5.97. The first-order valence-corrected chi connectivity index (χ1v) is 9.51. The molecule has 3 rings (SSSR count). The Labute approximate surface area is 130 Å². The molecule has 0 spiro atoms. The van der Waals surface area contributed by atoms with E-state index in [0.717, 1.165) is 19.1 Å². The third kappa shape index (κ3) is 3.58. The average Bonchev–Trinajstić information content (AvgIpc) is 3.18. The van der Waals surface area contributed by atoms with Gasteiger partial charge in [0.2, 0.25) is 21.8 Å². The number of piperazine rings is 1. The normalized spacial score (nSPS) is 32.0. The van der Waals surface area contributed by atoms with Crippen LogP contribution < -0.4 is 15.4 Å². The Morgan fingerprint density at radius 3 is 2.77 bits per heavy atom. The fraction of sp³-hybridized carbons (Fsp3) is 0.846. The standard InChI is InChI=1S/C13H22N4O4S/c1-22(20,21)16-9-4-10-5-14-11(13(19)17(10)7-9)6-15-12(18)8-2-3-8/h8-11,14,16H,2-7H2,1H3,(H,15,18)/t9-,10-,11-/m0/s1. The summed E-state index contributed by atoms with van der Waals surface area (Å²) in [5.41, 5.74) is 0. The van der Waals surface area contributed by atoms with E-state index >= 15 is 0 Å². The number of hydrogen-bond acceptors (Lipinski definition) is 5. The molecule has 2 amide bonds. The van der Waals surface area contributed by atoms with Gasteiger partial charge in [0.05, 0.1) is 6.26 Å². The molecule has 0 aromatic rings. The van der Waals surface area contributed by atoms with E-state index in [2.05, 4.69) is 15.4 Å². The molecule has 0 bridgehead atoms. The number of sulfonamides is 1. The van der Waals surface area contributed by atoms with Crippen LogP contribution in [-0.4, -0.2) is 69.1 Å². The highest BCUT2D eigenvalue weighted by Gasteiger charge is 2.42. The zero-order valence-electron chi connectivity index (χ0n) is 12.5. The number of rotatable bonds is 5. The van der Waals surface area contributed by atoms with Crippen LogP contribution >= 0.6 is 0 Å². The summed E-state index contributed by atoms with van der Waals surface area (Å²) in [4.78, 5) is 25.8. The second kappa shape index (κ2) is 5.78. The quantitative estimate of drug-likeness (QED) is 0.541. The smallest absolute Gasteiger partial charge is 0.241 e. The van der Waals surface area contributed by atoms with Crippen LogP contribution in [0.1, 0.15) is 19.3 Å². The predicted molar refractivity (Wildman–Crippen MR) is 79.4 cm³/mol. The molecule has 8 nitrogen and oxygen atoms in total. The minimum Gasteiger partial charge on any atom is -0.354 e. The highest BCUT2D eigenvalue weighted by Crippen LogP contribution is 2.28. The molecule has 2 saturated heterocycles. The van der Waals surface area contributed by atoms with Crippen LogP contribution in [0, 0.1) is 5.92 Å². The Morgan fingerprint density at radius 1 is 1.41 bits per heavy atom. The number of hydrogen-bond donors (Lipinski definition) is 3. The molecule has 2 aliphatic heterocycles. The van der Waals surface area contributed by atoms with Gasteiger partial charge in [-0.15, -0.1) is 0 Å². The lowest BCUT2D eigenvalue weighted by Crippen LogP contribution is -2.61. The Balaban J connectivity index is 1.54. The molecule has 3 atom stereocenters. The number of nitrogens with zero attached hydrogens (tertiary/aromatic N) is 1. The van der Waals surface area contributed by atoms with Crippen LogP contribution in [0.2, 0.25) is 0 Å². The topological polar surface area (TPSA) is 108 Å². The molecule has 0 aromatic carbocycles. The highest BCUT2D eigenvalue weighted by molar-refractivity contribution is 7.88. The van der Waals surface area contributed by atoms with E-state index in [9.17, 15) is 18.0 Å². The van der Waals surface area contributed by atoms with Crippen LogP contribution in [0.15, 0.2) is 0 Å². The minimum atomic E-state index is -3.27. The summed E-state index contributed by atoms with van der Waals surface area (Å²) in [5.74, 6) is 0.0847. The Morgan fingerprint density at radius 2 is 2.14 bits per heavy atom. The number of fused-ring (bicyclic) bond motifs is 1. The molecule has 0 aromatic heterocycles. The summed E-state index contributed by atoms with van der Waals surface area (Å²) in [6.45, 7) is 1.31. The average molecular weight is 330 g/mol. The zero-order valence-corrected chi connectivity index (χ0v) is 13.4. The number of amides is 2. The summed E-state index contributed by atoms with van der Waals surface area (Å²) in [6.07, 6.45) is 3.61. The molecule has 3 fully saturated rings. The van der Waals surface area contributed by atoms with Gasteiger partial charge in [0, 0.05) is 37.6 Å². The summed E-state index contributed by atoms with van der Waals surface area (Å²) in [6, 6.07) is -0.636. The second-order valence-corrected chi connectivity index (χ2v) is 8.23. The molecule has 0 radical (unpaired) electrons. The van der Waals surface area contributed by atoms with Crippen molar-refractivity contribution in [1.29, 1.82) is 0 Å². The second-order valence-electron chi connectivity index (χ2n) is 6.45. The summed E-state index contributed by atoms with van der Waals surface area (Å²) in [7, 11) is -3.27. The van der Waals surface area contributed by atoms with Gasteiger partial charge in [-0.3, -0.25) is 9.59 Å². The van der Waals surface area contributed by atoms with Crippen molar-refractivity contribution >= 4 is 21.8 Å². The Kier molecular flexibility index (Phi) is 4.13. The van der Waals surface area contributed by atoms with Crippen molar-refractivity contribution in [3.8, 4) is 0 Å². The SMILES string of the molecule is CS(=O)(=O)N[C@H]1C[C@H]2CN[C@@H](CNC(=O)C3CC3)C(=O)N2C1. The lowest BCUT2D eigenvalue weighted by Gasteiger charge is -2.35. The van der Waals surface area contributed by atoms with Gasteiger partial charge >= 0.3 is 0 Å². The largest absolute Gasteiger partial charge is 0.354 e. The van der Waals surface area contributed by atoms with E-state index in [4.69, 9.17) is 0 Å². The van der Waals surface area contributed by atoms with Crippen LogP contribution in [-0.2, 0) is 19.6 Å². The maximum atomic E-state index is 12.5. The van der Waals surface area contributed by atoms with E-state index in [0.29, 0.717) is 26.1 Å². The molecule has 9 heteroatoms. The monoisotopic (exact) mass is 330 g/mol. The fourth-order valence-electron chi connectivity index (χ4n) is 3.19. The molecule has 3 N–H and O–H groups in total. The maximum Gasteiger partial charge on any atom is 0.241 e. The van der Waals surface area contributed by atoms with Crippen LogP contribution in [0.4, 0.5) is 0 Å². The van der Waals surface area contributed by atoms with Crippen molar-refractivity contribution in [2.45, 2.75) is 37.4 Å². The van der Waals surface area contributed by atoms with Gasteiger partial charge in [0.1, 0.15) is 6.04 Å². The fourth-order valence-corrected chi connectivity index (χ4v) is 3.96. The molecule has 1 aliphatic carbocycles. The van der Waals surface area contributed by atoms with Crippen molar-refractivity contribution in [3.05, 3.63) is 0 Å². The van der Waals surface area contributed by atoms with E-state index in [-0.39, 0.29) is 29.8 Å². The van der Waals surface area contributed by atoms with Crippen molar-refractivity contribution in [2.75, 3.05) is 25.9 Å². The number of carbonyl (C=O) groups is 2. The van der Waals surface area contributed by atoms with Crippen LogP contribution in [0.3, 0.4) is 0 Å². The van der Waals surface area contributed by atoms with Gasteiger partial charge in [-0.1, -0.05) is 0 Å². The lowest BCUT2D eigenvalue weighted by atomic mass is 10.1. The third-order valence-electron chi connectivity index (χ3n) is 4.40. The van der Waals surface area contributed by atoms with E-state index < -0.39 is 16.1 Å². The van der Waals surface area contributed by atoms with E-state index in [1.807, 2.05) is 0 Å². The first-order chi connectivity index (χ1) is 10.3. The van der Waals surface area contributed by atoms with E-state index in [1.165, 1.54) is 0 Å². The predicted octanol–water partition coefficient (Wildman–Crippen LogP) is -2.00. The Bertz CT molecular complexity index is 575. The van der Waals surface area contributed by atoms with Crippen LogP contribution in [0.5, 0.6) is 0 Å². The first-order valence-electron chi connectivity index (χ1n) is 7.62. The molecular formula is C13H22N4O4S. The van der Waals surface area contributed by atoms with Gasteiger partial charge in [-0.05, 0) is 19.3 Å². The van der Waals surface area contributed by atoms with Crippen molar-refractivity contribution in [2.24, 2.45) is 5.92 Å². The molecule has 124 valence electrons. The van der Waals surface area contributed by atoms with Crippen molar-refractivity contribution in [3.63, 3.8) is 0 Å². The molecule has 0 unspecified atom stereocenters. The van der Waals surface area contributed by atoms with Gasteiger partial charge in [-0.25, -0.2) is 13.1 Å². The maximum absolute atomic E-state index is 12.5. The van der Waals surface area contributed by atoms with Crippen molar-refractivity contribution in [1.82, 2.24) is 20.3 Å². The number of carbonyl (C=O) groups excluding carboxylic acids is 2. The molecular weight excluding hydrogens is 308 g/mol. The molecule has 3 aliphatic rings.